The van der Waals surface area contributed by atoms with Gasteiger partial charge in [-0.1, -0.05) is 0 Å². The fourth-order valence-corrected chi connectivity index (χ4v) is 1.92. The van der Waals surface area contributed by atoms with E-state index in [-0.39, 0.29) is 0 Å². The third-order valence-corrected chi connectivity index (χ3v) is 2.79. The molecule has 1 fully saturated rings. The summed E-state index contributed by atoms with van der Waals surface area (Å²) >= 11 is 0. The lowest BCUT2D eigenvalue weighted by atomic mass is 10.00. The second kappa shape index (κ2) is 7.21. The Hall–Kier alpha value is -0.120. The van der Waals surface area contributed by atoms with Gasteiger partial charge in [0, 0.05) is 0 Å². The molecule has 1 aliphatic rings. The quantitative estimate of drug-likeness (QED) is 0.611. The summed E-state index contributed by atoms with van der Waals surface area (Å²) in [7, 11) is 4.26. The zero-order valence-corrected chi connectivity index (χ0v) is 9.68. The van der Waals surface area contributed by atoms with Crippen molar-refractivity contribution >= 4 is 0 Å². The van der Waals surface area contributed by atoms with Crippen LogP contribution in [0.2, 0.25) is 0 Å². The van der Waals surface area contributed by atoms with Crippen LogP contribution in [0.5, 0.6) is 0 Å². The van der Waals surface area contributed by atoms with Crippen molar-refractivity contribution in [1.29, 1.82) is 0 Å². The summed E-state index contributed by atoms with van der Waals surface area (Å²) in [6, 6.07) is 0. The molecule has 0 aliphatic carbocycles. The Kier molecular flexibility index (Phi) is 6.15. The van der Waals surface area contributed by atoms with Crippen LogP contribution in [0.3, 0.4) is 0 Å². The first-order valence-corrected chi connectivity index (χ1v) is 5.85. The summed E-state index contributed by atoms with van der Waals surface area (Å²) in [5.74, 6) is 0.864. The van der Waals surface area contributed by atoms with E-state index in [1.54, 1.807) is 0 Å². The lowest BCUT2D eigenvalue weighted by Gasteiger charge is -2.23. The molecule has 0 radical (unpaired) electrons. The van der Waals surface area contributed by atoms with E-state index in [1.807, 2.05) is 0 Å². The zero-order chi connectivity index (χ0) is 10.2. The van der Waals surface area contributed by atoms with E-state index in [0.717, 1.165) is 12.5 Å². The van der Waals surface area contributed by atoms with Crippen LogP contribution in [0.4, 0.5) is 0 Å². The minimum atomic E-state index is 0.864. The van der Waals surface area contributed by atoms with Crippen LogP contribution in [0.25, 0.3) is 0 Å². The van der Waals surface area contributed by atoms with Crippen molar-refractivity contribution in [1.82, 2.24) is 15.5 Å². The first-order chi connectivity index (χ1) is 6.79. The predicted molar refractivity (Wildman–Crippen MR) is 61.6 cm³/mol. The van der Waals surface area contributed by atoms with Crippen molar-refractivity contribution in [3.63, 3.8) is 0 Å². The highest BCUT2D eigenvalue weighted by Gasteiger charge is 2.11. The Balaban J connectivity index is 1.87. The topological polar surface area (TPSA) is 27.3 Å². The lowest BCUT2D eigenvalue weighted by Crippen LogP contribution is -2.36. The molecule has 0 bridgehead atoms. The fourth-order valence-electron chi connectivity index (χ4n) is 1.92. The first kappa shape index (κ1) is 12.0. The monoisotopic (exact) mass is 199 g/mol. The van der Waals surface area contributed by atoms with Gasteiger partial charge in [-0.3, -0.25) is 0 Å². The summed E-state index contributed by atoms with van der Waals surface area (Å²) in [5.41, 5.74) is 0. The third-order valence-electron chi connectivity index (χ3n) is 2.79. The van der Waals surface area contributed by atoms with Crippen molar-refractivity contribution in [3.05, 3.63) is 0 Å². The summed E-state index contributed by atoms with van der Waals surface area (Å²) in [6.45, 7) is 5.98. The maximum atomic E-state index is 3.54. The summed E-state index contributed by atoms with van der Waals surface area (Å²) in [4.78, 5) is 2.24. The Morgan fingerprint density at radius 1 is 1.43 bits per heavy atom. The number of rotatable bonds is 6. The number of nitrogens with one attached hydrogen (secondary N) is 2. The normalized spacial score (nSPS) is 22.9. The Morgan fingerprint density at radius 2 is 2.29 bits per heavy atom. The molecule has 0 spiro atoms. The number of nitrogens with zero attached hydrogens (tertiary/aromatic N) is 1. The molecule has 1 rings (SSSR count). The predicted octanol–water partition coefficient (Wildman–Crippen LogP) is 0.527. The van der Waals surface area contributed by atoms with Gasteiger partial charge >= 0.3 is 0 Å². The molecule has 14 heavy (non-hydrogen) atoms. The van der Waals surface area contributed by atoms with Crippen molar-refractivity contribution < 1.29 is 0 Å². The molecule has 0 aromatic rings. The minimum absolute atomic E-state index is 0.864. The van der Waals surface area contributed by atoms with Crippen LogP contribution in [0.1, 0.15) is 19.3 Å². The molecule has 84 valence electrons. The van der Waals surface area contributed by atoms with Gasteiger partial charge in [-0.25, -0.2) is 0 Å². The Labute approximate surface area is 88.2 Å². The molecular formula is C11H25N3. The second-order valence-electron chi connectivity index (χ2n) is 4.57. The maximum absolute atomic E-state index is 3.54. The van der Waals surface area contributed by atoms with Gasteiger partial charge in [0.05, 0.1) is 0 Å². The van der Waals surface area contributed by atoms with Crippen LogP contribution in [0, 0.1) is 5.92 Å². The molecule has 1 saturated heterocycles. The highest BCUT2D eigenvalue weighted by atomic mass is 15.1. The summed E-state index contributed by atoms with van der Waals surface area (Å²) in [5, 5.41) is 6.99. The van der Waals surface area contributed by atoms with Gasteiger partial charge in [0.15, 0.2) is 0 Å². The maximum Gasteiger partial charge on any atom is -0.000836 e. The zero-order valence-electron chi connectivity index (χ0n) is 9.68. The number of hydrogen-bond donors (Lipinski definition) is 2. The van der Waals surface area contributed by atoms with Gasteiger partial charge < -0.3 is 15.5 Å². The van der Waals surface area contributed by atoms with Crippen molar-refractivity contribution in [3.8, 4) is 0 Å². The van der Waals surface area contributed by atoms with E-state index >= 15 is 0 Å². The van der Waals surface area contributed by atoms with Crippen molar-refractivity contribution in [2.75, 3.05) is 46.8 Å². The largest absolute Gasteiger partial charge is 0.316 e. The second-order valence-corrected chi connectivity index (χ2v) is 4.57. The van der Waals surface area contributed by atoms with Gasteiger partial charge in [-0.2, -0.15) is 0 Å². The Morgan fingerprint density at radius 3 is 2.93 bits per heavy atom. The van der Waals surface area contributed by atoms with E-state index in [0.29, 0.717) is 0 Å². The number of hydrogen-bond acceptors (Lipinski definition) is 3. The molecule has 0 saturated carbocycles. The third kappa shape index (κ3) is 5.58. The average Bonchev–Trinajstić information content (AvgIpc) is 2.18. The highest BCUT2D eigenvalue weighted by molar-refractivity contribution is 4.70. The molecule has 1 atom stereocenters. The van der Waals surface area contributed by atoms with E-state index < -0.39 is 0 Å². The van der Waals surface area contributed by atoms with Crippen LogP contribution in [-0.4, -0.2) is 51.7 Å². The molecule has 0 aromatic heterocycles. The molecule has 1 aliphatic heterocycles. The smallest absolute Gasteiger partial charge is 0.000836 e. The molecule has 0 amide bonds. The van der Waals surface area contributed by atoms with E-state index in [2.05, 4.69) is 29.6 Å². The van der Waals surface area contributed by atoms with E-state index in [1.165, 1.54) is 45.4 Å². The molecule has 1 heterocycles. The van der Waals surface area contributed by atoms with Crippen LogP contribution < -0.4 is 10.6 Å². The van der Waals surface area contributed by atoms with Gasteiger partial charge in [-0.15, -0.1) is 0 Å². The highest BCUT2D eigenvalue weighted by Crippen LogP contribution is 2.07. The molecule has 0 aromatic carbocycles. The first-order valence-electron chi connectivity index (χ1n) is 5.85. The summed E-state index contributed by atoms with van der Waals surface area (Å²) < 4.78 is 0. The van der Waals surface area contributed by atoms with Crippen molar-refractivity contribution in [2.45, 2.75) is 19.3 Å². The van der Waals surface area contributed by atoms with Crippen LogP contribution in [-0.2, 0) is 0 Å². The molecule has 3 nitrogen and oxygen atoms in total. The fraction of sp³-hybridized carbons (Fsp3) is 1.00. The summed E-state index contributed by atoms with van der Waals surface area (Å²) in [6.07, 6.45) is 4.00. The standard InChI is InChI=1S/C11H25N3/c1-14(2)8-4-7-13-10-11-5-3-6-12-9-11/h11-13H,3-10H2,1-2H3. The SMILES string of the molecule is CN(C)CCCNCC1CCCNC1. The molecular weight excluding hydrogens is 174 g/mol. The molecule has 2 N–H and O–H groups in total. The Bertz CT molecular complexity index is 130. The van der Waals surface area contributed by atoms with Gasteiger partial charge in [0.25, 0.3) is 0 Å². The van der Waals surface area contributed by atoms with Gasteiger partial charge in [0.2, 0.25) is 0 Å². The minimum Gasteiger partial charge on any atom is -0.316 e. The molecule has 1 unspecified atom stereocenters. The van der Waals surface area contributed by atoms with Gasteiger partial charge in [0.1, 0.15) is 0 Å². The average molecular weight is 199 g/mol. The van der Waals surface area contributed by atoms with Crippen LogP contribution in [0.15, 0.2) is 0 Å². The van der Waals surface area contributed by atoms with Crippen LogP contribution >= 0.6 is 0 Å². The van der Waals surface area contributed by atoms with E-state index in [4.69, 9.17) is 0 Å². The van der Waals surface area contributed by atoms with Crippen molar-refractivity contribution in [2.24, 2.45) is 5.92 Å². The number of piperidine rings is 1. The van der Waals surface area contributed by atoms with Gasteiger partial charge in [-0.05, 0) is 72.0 Å². The lowest BCUT2D eigenvalue weighted by molar-refractivity contribution is 0.350. The van der Waals surface area contributed by atoms with E-state index in [9.17, 15) is 0 Å². The molecule has 3 heteroatoms.